The molecule has 1 N–H and O–H groups in total. The number of hydrogen-bond acceptors (Lipinski definition) is 2. The molecule has 0 saturated heterocycles. The van der Waals surface area contributed by atoms with Crippen LogP contribution in [0, 0.1) is 0 Å². The van der Waals surface area contributed by atoms with Crippen molar-refractivity contribution < 1.29 is 0 Å². The summed E-state index contributed by atoms with van der Waals surface area (Å²) in [6, 6.07) is 10.9. The lowest BCUT2D eigenvalue weighted by Crippen LogP contribution is -2.19. The molecule has 0 aliphatic heterocycles. The Hall–Kier alpha value is -1.32. The summed E-state index contributed by atoms with van der Waals surface area (Å²) in [4.78, 5) is 0. The first-order valence-electron chi connectivity index (χ1n) is 7.64. The predicted octanol–water partition coefficient (Wildman–Crippen LogP) is 4.40. The normalized spacial score (nSPS) is 12.8. The van der Waals surface area contributed by atoms with E-state index in [4.69, 9.17) is 16.7 Å². The molecule has 4 heteroatoms. The Balaban J connectivity index is 2.10. The minimum absolute atomic E-state index is 0.257. The van der Waals surface area contributed by atoms with Gasteiger partial charge in [-0.2, -0.15) is 5.10 Å². The first-order valence-corrected chi connectivity index (χ1v) is 8.02. The van der Waals surface area contributed by atoms with Crippen molar-refractivity contribution in [3.05, 3.63) is 52.8 Å². The van der Waals surface area contributed by atoms with Gasteiger partial charge < -0.3 is 5.32 Å². The van der Waals surface area contributed by atoms with Gasteiger partial charge in [0.05, 0.1) is 11.7 Å². The Morgan fingerprint density at radius 3 is 2.38 bits per heavy atom. The second-order valence-electron chi connectivity index (χ2n) is 5.35. The number of halogens is 1. The van der Waals surface area contributed by atoms with Crippen LogP contribution in [0.2, 0.25) is 5.02 Å². The second kappa shape index (κ2) is 7.62. The summed E-state index contributed by atoms with van der Waals surface area (Å²) in [6.07, 6.45) is 5.21. The molecule has 2 rings (SSSR count). The Labute approximate surface area is 132 Å². The quantitative estimate of drug-likeness (QED) is 0.821. The van der Waals surface area contributed by atoms with E-state index in [-0.39, 0.29) is 6.04 Å². The highest BCUT2D eigenvalue weighted by Crippen LogP contribution is 2.21. The number of aromatic nitrogens is 2. The van der Waals surface area contributed by atoms with Crippen LogP contribution >= 0.6 is 11.6 Å². The van der Waals surface area contributed by atoms with Gasteiger partial charge in [0, 0.05) is 23.7 Å². The average molecular weight is 306 g/mol. The molecule has 0 amide bonds. The molecule has 0 radical (unpaired) electrons. The molecule has 0 fully saturated rings. The van der Waals surface area contributed by atoms with Crippen LogP contribution in [0.4, 0.5) is 0 Å². The summed E-state index contributed by atoms with van der Waals surface area (Å²) in [6.45, 7) is 4.42. The zero-order valence-electron chi connectivity index (χ0n) is 13.0. The molecule has 1 atom stereocenters. The molecule has 0 aliphatic carbocycles. The fraction of sp³-hybridized carbons (Fsp3) is 0.471. The third-order valence-corrected chi connectivity index (χ3v) is 4.27. The molecular formula is C17H24ClN3. The Bertz CT molecular complexity index is 543. The van der Waals surface area contributed by atoms with Crippen molar-refractivity contribution in [3.63, 3.8) is 0 Å². The minimum Gasteiger partial charge on any atom is -0.313 e. The van der Waals surface area contributed by atoms with E-state index in [0.717, 1.165) is 30.0 Å². The Morgan fingerprint density at radius 1 is 1.14 bits per heavy atom. The lowest BCUT2D eigenvalue weighted by Gasteiger charge is -2.16. The van der Waals surface area contributed by atoms with Crippen molar-refractivity contribution in [2.75, 3.05) is 7.05 Å². The van der Waals surface area contributed by atoms with E-state index < -0.39 is 0 Å². The van der Waals surface area contributed by atoms with E-state index in [1.54, 1.807) is 0 Å². The summed E-state index contributed by atoms with van der Waals surface area (Å²) in [5, 5.41) is 8.86. The molecule has 1 aromatic carbocycles. The van der Waals surface area contributed by atoms with Crippen molar-refractivity contribution >= 4 is 11.6 Å². The van der Waals surface area contributed by atoms with Gasteiger partial charge in [-0.15, -0.1) is 0 Å². The lowest BCUT2D eigenvalue weighted by atomic mass is 10.0. The number of nitrogens with one attached hydrogen (secondary N) is 1. The summed E-state index contributed by atoms with van der Waals surface area (Å²) in [5.41, 5.74) is 2.36. The van der Waals surface area contributed by atoms with Gasteiger partial charge in [-0.1, -0.05) is 37.6 Å². The van der Waals surface area contributed by atoms with Gasteiger partial charge in [0.25, 0.3) is 0 Å². The summed E-state index contributed by atoms with van der Waals surface area (Å²) >= 11 is 5.95. The maximum atomic E-state index is 5.95. The smallest absolute Gasteiger partial charge is 0.0643 e. The number of benzene rings is 1. The maximum Gasteiger partial charge on any atom is 0.0643 e. The van der Waals surface area contributed by atoms with Gasteiger partial charge in [0.2, 0.25) is 0 Å². The number of hydrogen-bond donors (Lipinski definition) is 1. The summed E-state index contributed by atoms with van der Waals surface area (Å²) < 4.78 is 2.10. The number of likely N-dealkylation sites (N-methyl/N-ethyl adjacent to an activating group) is 1. The predicted molar refractivity (Wildman–Crippen MR) is 88.8 cm³/mol. The molecule has 0 saturated carbocycles. The zero-order chi connectivity index (χ0) is 15.2. The lowest BCUT2D eigenvalue weighted by molar-refractivity contribution is 0.423. The fourth-order valence-electron chi connectivity index (χ4n) is 2.64. The molecule has 0 bridgehead atoms. The topological polar surface area (TPSA) is 29.9 Å². The molecule has 114 valence electrons. The van der Waals surface area contributed by atoms with Crippen molar-refractivity contribution in [1.29, 1.82) is 0 Å². The largest absolute Gasteiger partial charge is 0.313 e. The van der Waals surface area contributed by atoms with Gasteiger partial charge >= 0.3 is 0 Å². The van der Waals surface area contributed by atoms with E-state index in [2.05, 4.69) is 48.2 Å². The molecule has 1 heterocycles. The van der Waals surface area contributed by atoms with E-state index in [1.807, 2.05) is 19.2 Å². The highest BCUT2D eigenvalue weighted by atomic mass is 35.5. The maximum absolute atomic E-state index is 5.95. The molecule has 21 heavy (non-hydrogen) atoms. The van der Waals surface area contributed by atoms with Gasteiger partial charge in [0.15, 0.2) is 0 Å². The number of rotatable bonds is 7. The summed E-state index contributed by atoms with van der Waals surface area (Å²) in [5.74, 6) is 0. The third-order valence-electron chi connectivity index (χ3n) is 4.01. The standard InChI is InChI=1S/C17H24ClN3/c1-4-16(5-2)21-11-10-15(20-21)12-17(19-3)13-6-8-14(18)9-7-13/h6-11,16-17,19H,4-5,12H2,1-3H3. The van der Waals surface area contributed by atoms with E-state index in [1.165, 1.54) is 5.56 Å². The third kappa shape index (κ3) is 4.08. The van der Waals surface area contributed by atoms with Crippen molar-refractivity contribution in [2.45, 2.75) is 45.2 Å². The SMILES string of the molecule is CCC(CC)n1ccc(CC(NC)c2ccc(Cl)cc2)n1. The monoisotopic (exact) mass is 305 g/mol. The highest BCUT2D eigenvalue weighted by molar-refractivity contribution is 6.30. The van der Waals surface area contributed by atoms with Crippen molar-refractivity contribution in [2.24, 2.45) is 0 Å². The van der Waals surface area contributed by atoms with Gasteiger partial charge in [-0.25, -0.2) is 0 Å². The van der Waals surface area contributed by atoms with Crippen molar-refractivity contribution in [3.8, 4) is 0 Å². The van der Waals surface area contributed by atoms with Crippen LogP contribution in [0.25, 0.3) is 0 Å². The van der Waals surface area contributed by atoms with Crippen LogP contribution in [-0.4, -0.2) is 16.8 Å². The van der Waals surface area contributed by atoms with Crippen LogP contribution in [0.15, 0.2) is 36.5 Å². The van der Waals surface area contributed by atoms with Gasteiger partial charge in [-0.05, 0) is 43.7 Å². The number of nitrogens with zero attached hydrogens (tertiary/aromatic N) is 2. The zero-order valence-corrected chi connectivity index (χ0v) is 13.8. The van der Waals surface area contributed by atoms with E-state index in [9.17, 15) is 0 Å². The molecule has 0 spiro atoms. The van der Waals surface area contributed by atoms with Crippen LogP contribution in [0.1, 0.15) is 50.0 Å². The van der Waals surface area contributed by atoms with Crippen LogP contribution in [0.3, 0.4) is 0 Å². The Morgan fingerprint density at radius 2 is 1.81 bits per heavy atom. The van der Waals surface area contributed by atoms with Crippen LogP contribution < -0.4 is 5.32 Å². The molecule has 3 nitrogen and oxygen atoms in total. The Kier molecular flexibility index (Phi) is 5.83. The van der Waals surface area contributed by atoms with E-state index in [0.29, 0.717) is 6.04 Å². The fourth-order valence-corrected chi connectivity index (χ4v) is 2.77. The van der Waals surface area contributed by atoms with Crippen molar-refractivity contribution in [1.82, 2.24) is 15.1 Å². The van der Waals surface area contributed by atoms with Crippen LogP contribution in [0.5, 0.6) is 0 Å². The minimum atomic E-state index is 0.257. The van der Waals surface area contributed by atoms with Crippen LogP contribution in [-0.2, 0) is 6.42 Å². The molecule has 2 aromatic rings. The average Bonchev–Trinajstić information content (AvgIpc) is 2.96. The van der Waals surface area contributed by atoms with E-state index >= 15 is 0 Å². The molecule has 1 aromatic heterocycles. The summed E-state index contributed by atoms with van der Waals surface area (Å²) in [7, 11) is 1.98. The van der Waals surface area contributed by atoms with Gasteiger partial charge in [-0.3, -0.25) is 4.68 Å². The molecule has 1 unspecified atom stereocenters. The molecular weight excluding hydrogens is 282 g/mol. The second-order valence-corrected chi connectivity index (χ2v) is 5.79. The van der Waals surface area contributed by atoms with Gasteiger partial charge in [0.1, 0.15) is 0 Å². The molecule has 0 aliphatic rings. The first kappa shape index (κ1) is 16.1. The first-order chi connectivity index (χ1) is 10.2. The highest BCUT2D eigenvalue weighted by Gasteiger charge is 2.13.